The summed E-state index contributed by atoms with van der Waals surface area (Å²) in [6.45, 7) is 3.84. The van der Waals surface area contributed by atoms with Gasteiger partial charge in [0.25, 0.3) is 0 Å². The second-order valence-corrected chi connectivity index (χ2v) is 4.59. The predicted octanol–water partition coefficient (Wildman–Crippen LogP) is 2.70. The molecule has 0 N–H and O–H groups in total. The van der Waals surface area contributed by atoms with E-state index in [1.54, 1.807) is 0 Å². The lowest BCUT2D eigenvalue weighted by Crippen LogP contribution is -2.11. The van der Waals surface area contributed by atoms with E-state index in [9.17, 15) is 9.59 Å². The van der Waals surface area contributed by atoms with Crippen molar-refractivity contribution in [3.05, 3.63) is 35.4 Å². The number of aldehydes is 1. The van der Waals surface area contributed by atoms with Crippen LogP contribution in [0.1, 0.15) is 30.9 Å². The molecule has 0 spiro atoms. The molecule has 0 fully saturated rings. The van der Waals surface area contributed by atoms with Gasteiger partial charge in [-0.1, -0.05) is 29.8 Å². The van der Waals surface area contributed by atoms with E-state index in [0.29, 0.717) is 13.0 Å². The maximum atomic E-state index is 10.7. The van der Waals surface area contributed by atoms with Gasteiger partial charge in [0, 0.05) is 13.3 Å². The van der Waals surface area contributed by atoms with E-state index >= 15 is 0 Å². The van der Waals surface area contributed by atoms with Crippen LogP contribution in [-0.4, -0.2) is 18.9 Å². The minimum atomic E-state index is -0.268. The van der Waals surface area contributed by atoms with E-state index in [0.717, 1.165) is 19.1 Å². The van der Waals surface area contributed by atoms with Crippen LogP contribution in [0.25, 0.3) is 0 Å². The third-order valence-corrected chi connectivity index (χ3v) is 2.91. The summed E-state index contributed by atoms with van der Waals surface area (Å²) in [5.41, 5.74) is 2.45. The molecule has 18 heavy (non-hydrogen) atoms. The Labute approximate surface area is 108 Å². The van der Waals surface area contributed by atoms with Gasteiger partial charge in [0.1, 0.15) is 6.29 Å². The van der Waals surface area contributed by atoms with Gasteiger partial charge in [-0.3, -0.25) is 4.79 Å². The Bertz CT molecular complexity index is 381. The van der Waals surface area contributed by atoms with Crippen molar-refractivity contribution in [2.45, 2.75) is 33.1 Å². The van der Waals surface area contributed by atoms with Gasteiger partial charge in [0.05, 0.1) is 6.61 Å². The van der Waals surface area contributed by atoms with E-state index in [1.807, 2.05) is 6.92 Å². The van der Waals surface area contributed by atoms with Crippen LogP contribution in [0.4, 0.5) is 0 Å². The standard InChI is InChI=1S/C15H20O3/c1-12-3-5-14(6-4-12)11-15(7-9-16)8-10-18-13(2)17/h3-6,9,15H,7-8,10-11H2,1-2H3. The molecule has 0 amide bonds. The molecular weight excluding hydrogens is 228 g/mol. The summed E-state index contributed by atoms with van der Waals surface area (Å²) in [4.78, 5) is 21.3. The maximum absolute atomic E-state index is 10.7. The summed E-state index contributed by atoms with van der Waals surface area (Å²) in [6.07, 6.45) is 3.02. The minimum Gasteiger partial charge on any atom is -0.466 e. The molecule has 1 unspecified atom stereocenters. The molecule has 1 aromatic carbocycles. The molecule has 0 saturated heterocycles. The van der Waals surface area contributed by atoms with E-state index in [2.05, 4.69) is 24.3 Å². The highest BCUT2D eigenvalue weighted by atomic mass is 16.5. The zero-order valence-electron chi connectivity index (χ0n) is 11.0. The zero-order valence-corrected chi connectivity index (χ0v) is 11.0. The summed E-state index contributed by atoms with van der Waals surface area (Å²) in [5, 5.41) is 0. The normalized spacial score (nSPS) is 11.9. The van der Waals surface area contributed by atoms with Gasteiger partial charge in [-0.2, -0.15) is 0 Å². The van der Waals surface area contributed by atoms with E-state index in [1.165, 1.54) is 18.1 Å². The molecule has 0 aliphatic heterocycles. The van der Waals surface area contributed by atoms with E-state index in [-0.39, 0.29) is 11.9 Å². The molecule has 98 valence electrons. The Morgan fingerprint density at radius 3 is 2.56 bits per heavy atom. The van der Waals surface area contributed by atoms with E-state index in [4.69, 9.17) is 4.74 Å². The van der Waals surface area contributed by atoms with Gasteiger partial charge < -0.3 is 9.53 Å². The molecule has 0 bridgehead atoms. The highest BCUT2D eigenvalue weighted by Gasteiger charge is 2.10. The Kier molecular flexibility index (Phi) is 6.12. The van der Waals surface area contributed by atoms with Gasteiger partial charge in [0.15, 0.2) is 0 Å². The molecule has 0 heterocycles. The van der Waals surface area contributed by atoms with Crippen molar-refractivity contribution in [3.8, 4) is 0 Å². The van der Waals surface area contributed by atoms with Crippen molar-refractivity contribution < 1.29 is 14.3 Å². The number of ether oxygens (including phenoxy) is 1. The van der Waals surface area contributed by atoms with Crippen LogP contribution in [0, 0.1) is 12.8 Å². The third-order valence-electron chi connectivity index (χ3n) is 2.91. The maximum Gasteiger partial charge on any atom is 0.302 e. The molecule has 0 saturated carbocycles. The Morgan fingerprint density at radius 2 is 2.00 bits per heavy atom. The molecule has 0 aliphatic rings. The molecule has 1 aromatic rings. The number of aryl methyl sites for hydroxylation is 1. The molecule has 0 radical (unpaired) electrons. The second kappa shape index (κ2) is 7.64. The van der Waals surface area contributed by atoms with Gasteiger partial charge in [-0.05, 0) is 31.2 Å². The van der Waals surface area contributed by atoms with Gasteiger partial charge >= 0.3 is 5.97 Å². The fourth-order valence-corrected chi connectivity index (χ4v) is 1.87. The van der Waals surface area contributed by atoms with Crippen LogP contribution in [0.3, 0.4) is 0 Å². The summed E-state index contributed by atoms with van der Waals surface area (Å²) in [5.74, 6) is -0.0280. The van der Waals surface area contributed by atoms with Crippen LogP contribution in [-0.2, 0) is 20.7 Å². The van der Waals surface area contributed by atoms with Crippen molar-refractivity contribution >= 4 is 12.3 Å². The zero-order chi connectivity index (χ0) is 13.4. The molecule has 0 aromatic heterocycles. The van der Waals surface area contributed by atoms with Crippen molar-refractivity contribution in [2.75, 3.05) is 6.61 Å². The summed E-state index contributed by atoms with van der Waals surface area (Å²) in [6, 6.07) is 8.30. The summed E-state index contributed by atoms with van der Waals surface area (Å²) < 4.78 is 4.92. The first-order valence-electron chi connectivity index (χ1n) is 6.24. The van der Waals surface area contributed by atoms with Crippen LogP contribution >= 0.6 is 0 Å². The number of hydrogen-bond acceptors (Lipinski definition) is 3. The van der Waals surface area contributed by atoms with Gasteiger partial charge in [-0.25, -0.2) is 0 Å². The first-order valence-corrected chi connectivity index (χ1v) is 6.24. The van der Waals surface area contributed by atoms with Crippen LogP contribution in [0.2, 0.25) is 0 Å². The molecule has 3 heteroatoms. The van der Waals surface area contributed by atoms with Gasteiger partial charge in [-0.15, -0.1) is 0 Å². The molecular formula is C15H20O3. The van der Waals surface area contributed by atoms with Crippen molar-refractivity contribution in [1.82, 2.24) is 0 Å². The van der Waals surface area contributed by atoms with Gasteiger partial charge in [0.2, 0.25) is 0 Å². The highest BCUT2D eigenvalue weighted by Crippen LogP contribution is 2.16. The largest absolute Gasteiger partial charge is 0.466 e. The average molecular weight is 248 g/mol. The Morgan fingerprint density at radius 1 is 1.33 bits per heavy atom. The molecule has 0 aliphatic carbocycles. The van der Waals surface area contributed by atoms with Crippen LogP contribution in [0.5, 0.6) is 0 Å². The van der Waals surface area contributed by atoms with Crippen LogP contribution < -0.4 is 0 Å². The van der Waals surface area contributed by atoms with Crippen LogP contribution in [0.15, 0.2) is 24.3 Å². The second-order valence-electron chi connectivity index (χ2n) is 4.59. The number of carbonyl (C=O) groups excluding carboxylic acids is 2. The topological polar surface area (TPSA) is 43.4 Å². The molecule has 1 atom stereocenters. The van der Waals surface area contributed by atoms with Crippen molar-refractivity contribution in [2.24, 2.45) is 5.92 Å². The number of rotatable bonds is 7. The number of benzene rings is 1. The quantitative estimate of drug-likeness (QED) is 0.550. The minimum absolute atomic E-state index is 0.240. The number of esters is 1. The van der Waals surface area contributed by atoms with Crippen molar-refractivity contribution in [3.63, 3.8) is 0 Å². The first kappa shape index (κ1) is 14.4. The fourth-order valence-electron chi connectivity index (χ4n) is 1.87. The van der Waals surface area contributed by atoms with E-state index < -0.39 is 0 Å². The number of carbonyl (C=O) groups is 2. The summed E-state index contributed by atoms with van der Waals surface area (Å²) >= 11 is 0. The lowest BCUT2D eigenvalue weighted by atomic mass is 9.93. The molecule has 1 rings (SSSR count). The fraction of sp³-hybridized carbons (Fsp3) is 0.467. The first-order chi connectivity index (χ1) is 8.61. The molecule has 3 nitrogen and oxygen atoms in total. The third kappa shape index (κ3) is 5.62. The lowest BCUT2D eigenvalue weighted by molar-refractivity contribution is -0.141. The predicted molar refractivity (Wildman–Crippen MR) is 70.3 cm³/mol. The SMILES string of the molecule is CC(=O)OCCC(CC=O)Cc1ccc(C)cc1. The summed E-state index contributed by atoms with van der Waals surface area (Å²) in [7, 11) is 0. The Hall–Kier alpha value is -1.64. The lowest BCUT2D eigenvalue weighted by Gasteiger charge is -2.14. The monoisotopic (exact) mass is 248 g/mol. The smallest absolute Gasteiger partial charge is 0.302 e. The Balaban J connectivity index is 2.48. The van der Waals surface area contributed by atoms with Crippen molar-refractivity contribution in [1.29, 1.82) is 0 Å². The average Bonchev–Trinajstić information content (AvgIpc) is 2.32. The highest BCUT2D eigenvalue weighted by molar-refractivity contribution is 5.65. The number of hydrogen-bond donors (Lipinski definition) is 0.